The largest absolute Gasteiger partial charge is 0.481 e. The molecule has 2 aromatic carbocycles. The molecule has 1 aliphatic rings. The first-order valence-electron chi connectivity index (χ1n) is 8.49. The molecule has 0 saturated carbocycles. The summed E-state index contributed by atoms with van der Waals surface area (Å²) in [7, 11) is -4.16. The summed E-state index contributed by atoms with van der Waals surface area (Å²) in [5.41, 5.74) is 0. The molecule has 0 aromatic heterocycles. The Hall–Kier alpha value is -2.11. The lowest BCUT2D eigenvalue weighted by atomic mass is 10.3. The van der Waals surface area contributed by atoms with Gasteiger partial charge in [0.15, 0.2) is 18.2 Å². The quantitative estimate of drug-likeness (QED) is 0.643. The summed E-state index contributed by atoms with van der Waals surface area (Å²) >= 11 is 3.12. The van der Waals surface area contributed by atoms with Crippen LogP contribution in [-0.2, 0) is 14.8 Å². The number of hydrogen-bond acceptors (Lipinski definition) is 4. The summed E-state index contributed by atoms with van der Waals surface area (Å²) in [6.07, 6.45) is 0. The van der Waals surface area contributed by atoms with Gasteiger partial charge in [0.05, 0.1) is 0 Å². The molecule has 1 fully saturated rings. The van der Waals surface area contributed by atoms with E-state index in [0.29, 0.717) is 10.5 Å². The van der Waals surface area contributed by atoms with Crippen molar-refractivity contribution in [2.45, 2.75) is 4.90 Å². The lowest BCUT2D eigenvalue weighted by Gasteiger charge is -2.34. The van der Waals surface area contributed by atoms with Crippen LogP contribution in [0.2, 0.25) is 0 Å². The van der Waals surface area contributed by atoms with E-state index < -0.39 is 44.9 Å². The molecule has 1 amide bonds. The Morgan fingerprint density at radius 2 is 1.69 bits per heavy atom. The molecule has 1 heterocycles. The van der Waals surface area contributed by atoms with Gasteiger partial charge in [-0.05, 0) is 30.3 Å². The fourth-order valence-corrected chi connectivity index (χ4v) is 4.63. The Kier molecular flexibility index (Phi) is 6.49. The topological polar surface area (TPSA) is 66.9 Å². The van der Waals surface area contributed by atoms with Crippen LogP contribution < -0.4 is 4.74 Å². The van der Waals surface area contributed by atoms with Crippen LogP contribution in [0.5, 0.6) is 5.75 Å². The molecule has 0 unspecified atom stereocenters. The van der Waals surface area contributed by atoms with Crippen LogP contribution in [0.1, 0.15) is 0 Å². The van der Waals surface area contributed by atoms with Crippen LogP contribution in [0.3, 0.4) is 0 Å². The van der Waals surface area contributed by atoms with Gasteiger partial charge in [-0.1, -0.05) is 15.9 Å². The van der Waals surface area contributed by atoms with Gasteiger partial charge in [-0.25, -0.2) is 21.6 Å². The molecule has 0 aliphatic carbocycles. The molecule has 1 aliphatic heterocycles. The molecular formula is C18H16BrF3N2O4S. The smallest absolute Gasteiger partial charge is 0.260 e. The van der Waals surface area contributed by atoms with Crippen molar-refractivity contribution in [1.82, 2.24) is 9.21 Å². The van der Waals surface area contributed by atoms with Crippen molar-refractivity contribution < 1.29 is 31.1 Å². The van der Waals surface area contributed by atoms with Gasteiger partial charge in [0.1, 0.15) is 16.5 Å². The number of benzene rings is 2. The molecule has 0 atom stereocenters. The van der Waals surface area contributed by atoms with Crippen molar-refractivity contribution in [1.29, 1.82) is 0 Å². The first-order valence-corrected chi connectivity index (χ1v) is 10.7. The minimum absolute atomic E-state index is 0.0580. The maximum Gasteiger partial charge on any atom is 0.260 e. The molecule has 0 bridgehead atoms. The summed E-state index contributed by atoms with van der Waals surface area (Å²) in [6.45, 7) is -0.396. The van der Waals surface area contributed by atoms with Crippen LogP contribution in [0.25, 0.3) is 0 Å². The highest BCUT2D eigenvalue weighted by molar-refractivity contribution is 9.10. The number of sulfonamides is 1. The predicted octanol–water partition coefficient (Wildman–Crippen LogP) is 2.78. The van der Waals surface area contributed by atoms with E-state index in [1.165, 1.54) is 17.0 Å². The maximum absolute atomic E-state index is 13.9. The van der Waals surface area contributed by atoms with Crippen LogP contribution >= 0.6 is 15.9 Å². The minimum atomic E-state index is -4.16. The molecule has 6 nitrogen and oxygen atoms in total. The fourth-order valence-electron chi connectivity index (χ4n) is 2.82. The van der Waals surface area contributed by atoms with Crippen molar-refractivity contribution in [3.63, 3.8) is 0 Å². The number of piperazine rings is 1. The van der Waals surface area contributed by atoms with Gasteiger partial charge in [-0.15, -0.1) is 0 Å². The summed E-state index contributed by atoms with van der Waals surface area (Å²) in [4.78, 5) is 13.0. The van der Waals surface area contributed by atoms with Crippen molar-refractivity contribution in [3.05, 3.63) is 58.3 Å². The van der Waals surface area contributed by atoms with Gasteiger partial charge < -0.3 is 9.64 Å². The molecule has 1 saturated heterocycles. The summed E-state index contributed by atoms with van der Waals surface area (Å²) in [5, 5.41) is 0. The summed E-state index contributed by atoms with van der Waals surface area (Å²) < 4.78 is 72.5. The molecule has 0 spiro atoms. The van der Waals surface area contributed by atoms with E-state index in [9.17, 15) is 26.4 Å². The second-order valence-electron chi connectivity index (χ2n) is 6.22. The second kappa shape index (κ2) is 8.72. The zero-order valence-electron chi connectivity index (χ0n) is 14.9. The standard InChI is InChI=1S/C18H16BrF3N2O4S/c19-12-1-3-16(14(21)9-12)28-11-18(25)23-5-7-24(8-6-23)29(26,27)17-4-2-13(20)10-15(17)22/h1-4,9-10H,5-8,11H2. The van der Waals surface area contributed by atoms with Crippen LogP contribution in [0.15, 0.2) is 45.8 Å². The number of carbonyl (C=O) groups is 1. The highest BCUT2D eigenvalue weighted by atomic mass is 79.9. The van der Waals surface area contributed by atoms with Gasteiger partial charge in [0.2, 0.25) is 10.0 Å². The van der Waals surface area contributed by atoms with E-state index in [1.807, 2.05) is 0 Å². The molecule has 0 N–H and O–H groups in total. The Morgan fingerprint density at radius 3 is 2.31 bits per heavy atom. The van der Waals surface area contributed by atoms with Gasteiger partial charge in [0.25, 0.3) is 5.91 Å². The van der Waals surface area contributed by atoms with Crippen molar-refractivity contribution in [2.24, 2.45) is 0 Å². The maximum atomic E-state index is 13.9. The van der Waals surface area contributed by atoms with E-state index in [-0.39, 0.29) is 31.9 Å². The average Bonchev–Trinajstić information content (AvgIpc) is 2.67. The van der Waals surface area contributed by atoms with Crippen LogP contribution in [0, 0.1) is 17.5 Å². The highest BCUT2D eigenvalue weighted by Gasteiger charge is 2.32. The molecule has 3 rings (SSSR count). The van der Waals surface area contributed by atoms with Gasteiger partial charge in [-0.3, -0.25) is 4.79 Å². The fraction of sp³-hybridized carbons (Fsp3) is 0.278. The van der Waals surface area contributed by atoms with E-state index in [2.05, 4.69) is 15.9 Å². The van der Waals surface area contributed by atoms with E-state index in [4.69, 9.17) is 4.74 Å². The summed E-state index contributed by atoms with van der Waals surface area (Å²) in [6, 6.07) is 6.41. The monoisotopic (exact) mass is 492 g/mol. The third kappa shape index (κ3) is 4.90. The molecule has 156 valence electrons. The Morgan fingerprint density at radius 1 is 1.00 bits per heavy atom. The van der Waals surface area contributed by atoms with E-state index in [1.54, 1.807) is 6.07 Å². The van der Waals surface area contributed by atoms with Crippen molar-refractivity contribution in [2.75, 3.05) is 32.8 Å². The molecular weight excluding hydrogens is 477 g/mol. The molecule has 2 aromatic rings. The van der Waals surface area contributed by atoms with Gasteiger partial charge in [0, 0.05) is 36.7 Å². The van der Waals surface area contributed by atoms with Gasteiger partial charge in [-0.2, -0.15) is 4.31 Å². The zero-order chi connectivity index (χ0) is 21.2. The van der Waals surface area contributed by atoms with E-state index >= 15 is 0 Å². The Balaban J connectivity index is 1.58. The SMILES string of the molecule is O=C(COc1ccc(Br)cc1F)N1CCN(S(=O)(=O)c2ccc(F)cc2F)CC1. The van der Waals surface area contributed by atoms with E-state index in [0.717, 1.165) is 16.4 Å². The number of hydrogen-bond donors (Lipinski definition) is 0. The lowest BCUT2D eigenvalue weighted by Crippen LogP contribution is -2.51. The van der Waals surface area contributed by atoms with Crippen LogP contribution in [-0.4, -0.2) is 56.3 Å². The number of halogens is 4. The first-order chi connectivity index (χ1) is 13.7. The van der Waals surface area contributed by atoms with Crippen molar-refractivity contribution in [3.8, 4) is 5.75 Å². The molecule has 0 radical (unpaired) electrons. The van der Waals surface area contributed by atoms with Crippen LogP contribution in [0.4, 0.5) is 13.2 Å². The Bertz CT molecular complexity index is 1030. The highest BCUT2D eigenvalue weighted by Crippen LogP contribution is 2.23. The zero-order valence-corrected chi connectivity index (χ0v) is 17.3. The third-order valence-corrected chi connectivity index (χ3v) is 6.77. The number of ether oxygens (including phenoxy) is 1. The number of amides is 1. The van der Waals surface area contributed by atoms with Gasteiger partial charge >= 0.3 is 0 Å². The number of nitrogens with zero attached hydrogens (tertiary/aromatic N) is 2. The lowest BCUT2D eigenvalue weighted by molar-refractivity contribution is -0.134. The molecule has 11 heteroatoms. The second-order valence-corrected chi connectivity index (χ2v) is 9.05. The minimum Gasteiger partial charge on any atom is -0.481 e. The average molecular weight is 493 g/mol. The van der Waals surface area contributed by atoms with Crippen molar-refractivity contribution >= 4 is 31.9 Å². The molecule has 29 heavy (non-hydrogen) atoms. The number of carbonyl (C=O) groups excluding carboxylic acids is 1. The first kappa shape index (κ1) is 21.6. The number of rotatable bonds is 5. The summed E-state index contributed by atoms with van der Waals surface area (Å²) in [5.74, 6) is -3.18. The normalized spacial score (nSPS) is 15.4. The predicted molar refractivity (Wildman–Crippen MR) is 101 cm³/mol. The Labute approximate surface area is 174 Å². The third-order valence-electron chi connectivity index (χ3n) is 4.35.